The van der Waals surface area contributed by atoms with Crippen LogP contribution in [0.2, 0.25) is 0 Å². The summed E-state index contributed by atoms with van der Waals surface area (Å²) < 4.78 is 0. The van der Waals surface area contributed by atoms with Crippen LogP contribution in [0.25, 0.3) is 11.3 Å². The molecule has 1 aromatic heterocycles. The monoisotopic (exact) mass is 315 g/mol. The van der Waals surface area contributed by atoms with E-state index in [2.05, 4.69) is 16.0 Å². The van der Waals surface area contributed by atoms with Gasteiger partial charge in [0.2, 0.25) is 11.0 Å². The lowest BCUT2D eigenvalue weighted by molar-refractivity contribution is -0.116. The molecule has 0 aliphatic carbocycles. The van der Waals surface area contributed by atoms with Gasteiger partial charge < -0.3 is 16.4 Å². The first-order chi connectivity index (χ1) is 10.5. The first-order valence-corrected chi connectivity index (χ1v) is 7.76. The number of nitrogens with zero attached hydrogens (tertiary/aromatic N) is 3. The predicted octanol–water partition coefficient (Wildman–Crippen LogP) is 1.93. The number of anilines is 1. The maximum atomic E-state index is 11.6. The predicted molar refractivity (Wildman–Crippen MR) is 89.5 cm³/mol. The third kappa shape index (κ3) is 2.55. The Kier molecular flexibility index (Phi) is 3.58. The zero-order chi connectivity index (χ0) is 15.9. The molecule has 0 atom stereocenters. The van der Waals surface area contributed by atoms with Crippen LogP contribution < -0.4 is 16.4 Å². The summed E-state index contributed by atoms with van der Waals surface area (Å²) in [4.78, 5) is 23.0. The Morgan fingerprint density at radius 1 is 1.41 bits per heavy atom. The van der Waals surface area contributed by atoms with Crippen LogP contribution in [0.15, 0.2) is 23.2 Å². The van der Waals surface area contributed by atoms with Crippen LogP contribution in [-0.4, -0.2) is 23.4 Å². The van der Waals surface area contributed by atoms with Gasteiger partial charge in [0.15, 0.2) is 5.96 Å². The molecule has 0 radical (unpaired) electrons. The topological polar surface area (TPSA) is 97.6 Å². The van der Waals surface area contributed by atoms with Gasteiger partial charge in [-0.2, -0.15) is 4.99 Å². The van der Waals surface area contributed by atoms with Crippen molar-refractivity contribution in [1.82, 2.24) is 4.98 Å². The number of fused-ring (bicyclic) bond motifs is 1. The molecule has 6 nitrogen and oxygen atoms in total. The largest absolute Gasteiger partial charge is 0.370 e. The van der Waals surface area contributed by atoms with Gasteiger partial charge in [0, 0.05) is 29.6 Å². The number of hydrogen-bond donors (Lipinski definition) is 2. The number of benzene rings is 1. The van der Waals surface area contributed by atoms with E-state index >= 15 is 0 Å². The van der Waals surface area contributed by atoms with Crippen LogP contribution in [0.1, 0.15) is 17.4 Å². The second-order valence-corrected chi connectivity index (χ2v) is 6.38. The fourth-order valence-corrected chi connectivity index (χ4v) is 3.51. The summed E-state index contributed by atoms with van der Waals surface area (Å²) in [6.07, 6.45) is 0.868. The number of amides is 1. The molecule has 3 rings (SSSR count). The Bertz CT molecular complexity index is 776. The minimum atomic E-state index is 0.00588. The molecule has 4 N–H and O–H groups in total. The fourth-order valence-electron chi connectivity index (χ4n) is 2.68. The number of rotatable bonds is 2. The van der Waals surface area contributed by atoms with Gasteiger partial charge in [-0.3, -0.25) is 4.79 Å². The van der Waals surface area contributed by atoms with E-state index in [9.17, 15) is 4.79 Å². The number of hydrogen-bond acceptors (Lipinski definition) is 4. The van der Waals surface area contributed by atoms with Crippen molar-refractivity contribution >= 4 is 34.0 Å². The van der Waals surface area contributed by atoms with E-state index in [4.69, 9.17) is 11.5 Å². The Hall–Kier alpha value is -2.41. The highest BCUT2D eigenvalue weighted by Crippen LogP contribution is 2.36. The molecule has 22 heavy (non-hydrogen) atoms. The number of guanidine groups is 1. The summed E-state index contributed by atoms with van der Waals surface area (Å²) in [5, 5.41) is 0.554. The summed E-state index contributed by atoms with van der Waals surface area (Å²) in [6, 6.07) is 6.07. The van der Waals surface area contributed by atoms with Crippen molar-refractivity contribution in [3.8, 4) is 11.3 Å². The van der Waals surface area contributed by atoms with Gasteiger partial charge in [-0.05, 0) is 31.0 Å². The molecule has 0 saturated heterocycles. The number of carbonyl (C=O) groups excluding carboxylic acids is 1. The molecule has 0 unspecified atom stereocenters. The molecule has 1 aromatic carbocycles. The van der Waals surface area contributed by atoms with Crippen molar-refractivity contribution in [3.63, 3.8) is 0 Å². The summed E-state index contributed by atoms with van der Waals surface area (Å²) in [5.41, 5.74) is 14.9. The van der Waals surface area contributed by atoms with Gasteiger partial charge in [-0.1, -0.05) is 17.4 Å². The standard InChI is InChI=1S/C15H17N5OS/c1-8-13(18-15(22-8)19-14(16)17)11-3-4-12-10(7-11)5-6-20(12)9(2)21/h3-4,7H,5-6H2,1-2H3,(H4,16,17,18,19). The molecular weight excluding hydrogens is 298 g/mol. The van der Waals surface area contributed by atoms with E-state index in [-0.39, 0.29) is 11.9 Å². The van der Waals surface area contributed by atoms with Gasteiger partial charge in [-0.15, -0.1) is 0 Å². The number of nitrogens with two attached hydrogens (primary N) is 2. The number of carbonyl (C=O) groups is 1. The van der Waals surface area contributed by atoms with E-state index in [0.717, 1.165) is 34.8 Å². The van der Waals surface area contributed by atoms with E-state index in [1.807, 2.05) is 19.1 Å². The van der Waals surface area contributed by atoms with Crippen LogP contribution in [-0.2, 0) is 11.2 Å². The quantitative estimate of drug-likeness (QED) is 0.653. The second kappa shape index (κ2) is 5.42. The zero-order valence-corrected chi connectivity index (χ0v) is 13.3. The summed E-state index contributed by atoms with van der Waals surface area (Å²) in [7, 11) is 0. The van der Waals surface area contributed by atoms with Gasteiger partial charge in [-0.25, -0.2) is 4.98 Å². The molecule has 1 amide bonds. The molecule has 0 bridgehead atoms. The van der Waals surface area contributed by atoms with Crippen molar-refractivity contribution < 1.29 is 4.79 Å². The molecule has 114 valence electrons. The first kappa shape index (κ1) is 14.5. The first-order valence-electron chi connectivity index (χ1n) is 6.94. The molecule has 0 saturated carbocycles. The minimum Gasteiger partial charge on any atom is -0.370 e. The lowest BCUT2D eigenvalue weighted by Gasteiger charge is -2.14. The molecular formula is C15H17N5OS. The Morgan fingerprint density at radius 3 is 2.86 bits per heavy atom. The highest BCUT2D eigenvalue weighted by atomic mass is 32.1. The molecule has 1 aliphatic rings. The van der Waals surface area contributed by atoms with Gasteiger partial charge in [0.25, 0.3) is 0 Å². The number of aliphatic imine (C=N–C) groups is 1. The summed E-state index contributed by atoms with van der Waals surface area (Å²) >= 11 is 1.45. The fraction of sp³-hybridized carbons (Fsp3) is 0.267. The van der Waals surface area contributed by atoms with Crippen LogP contribution in [0.4, 0.5) is 10.8 Å². The zero-order valence-electron chi connectivity index (χ0n) is 12.5. The van der Waals surface area contributed by atoms with Crippen molar-refractivity contribution in [3.05, 3.63) is 28.6 Å². The number of aryl methyl sites for hydroxylation is 1. The second-order valence-electron chi connectivity index (χ2n) is 5.20. The molecule has 7 heteroatoms. The highest BCUT2D eigenvalue weighted by Gasteiger charge is 2.23. The third-order valence-electron chi connectivity index (χ3n) is 3.64. The molecule has 0 spiro atoms. The van der Waals surface area contributed by atoms with Crippen molar-refractivity contribution in [1.29, 1.82) is 0 Å². The highest BCUT2D eigenvalue weighted by molar-refractivity contribution is 7.15. The SMILES string of the molecule is CC(=O)N1CCc2cc(-c3nc(N=C(N)N)sc3C)ccc21. The number of aromatic nitrogens is 1. The van der Waals surface area contributed by atoms with E-state index < -0.39 is 0 Å². The van der Waals surface area contributed by atoms with E-state index in [0.29, 0.717) is 5.13 Å². The van der Waals surface area contributed by atoms with Crippen molar-refractivity contribution in [2.45, 2.75) is 20.3 Å². The van der Waals surface area contributed by atoms with E-state index in [1.54, 1.807) is 11.8 Å². The van der Waals surface area contributed by atoms with Gasteiger partial charge in [0.05, 0.1) is 5.69 Å². The van der Waals surface area contributed by atoms with Crippen LogP contribution in [0.3, 0.4) is 0 Å². The summed E-state index contributed by atoms with van der Waals surface area (Å²) in [6.45, 7) is 4.33. The lowest BCUT2D eigenvalue weighted by Crippen LogP contribution is -2.25. The van der Waals surface area contributed by atoms with Gasteiger partial charge in [0.1, 0.15) is 0 Å². The van der Waals surface area contributed by atoms with Crippen molar-refractivity contribution in [2.75, 3.05) is 11.4 Å². The molecule has 1 aliphatic heterocycles. The Labute approximate surface area is 132 Å². The average Bonchev–Trinajstić information content (AvgIpc) is 3.00. The third-order valence-corrected chi connectivity index (χ3v) is 4.50. The lowest BCUT2D eigenvalue weighted by atomic mass is 10.1. The van der Waals surface area contributed by atoms with Crippen LogP contribution in [0.5, 0.6) is 0 Å². The minimum absolute atomic E-state index is 0.00588. The summed E-state index contributed by atoms with van der Waals surface area (Å²) in [5.74, 6) is 0.0812. The molecule has 0 fully saturated rings. The van der Waals surface area contributed by atoms with E-state index in [1.165, 1.54) is 16.9 Å². The normalized spacial score (nSPS) is 13.1. The molecule has 2 heterocycles. The molecule has 2 aromatic rings. The maximum absolute atomic E-state index is 11.6. The Morgan fingerprint density at radius 2 is 2.18 bits per heavy atom. The maximum Gasteiger partial charge on any atom is 0.223 e. The smallest absolute Gasteiger partial charge is 0.223 e. The Balaban J connectivity index is 1.99. The van der Waals surface area contributed by atoms with Gasteiger partial charge >= 0.3 is 0 Å². The number of thiazole rings is 1. The van der Waals surface area contributed by atoms with Crippen molar-refractivity contribution in [2.24, 2.45) is 16.5 Å². The van der Waals surface area contributed by atoms with Crippen LogP contribution >= 0.6 is 11.3 Å². The average molecular weight is 315 g/mol. The van der Waals surface area contributed by atoms with Crippen LogP contribution in [0, 0.1) is 6.92 Å².